The second kappa shape index (κ2) is 4.36. The van der Waals surface area contributed by atoms with E-state index < -0.39 is 6.10 Å². The van der Waals surface area contributed by atoms with Gasteiger partial charge in [0.1, 0.15) is 6.10 Å². The predicted molar refractivity (Wildman–Crippen MR) is 81.4 cm³/mol. The first-order valence-electron chi connectivity index (χ1n) is 6.85. The summed E-state index contributed by atoms with van der Waals surface area (Å²) in [6, 6.07) is 18.3. The normalized spacial score (nSPS) is 21.1. The van der Waals surface area contributed by atoms with Gasteiger partial charge in [0, 0.05) is 11.7 Å². The maximum atomic E-state index is 10.7. The molecule has 1 aliphatic rings. The van der Waals surface area contributed by atoms with Crippen LogP contribution in [0.2, 0.25) is 0 Å². The standard InChI is InChI=1S/C18H15NO/c20-18-15-7-3-1-5-13(15)9-10-17(18)19-12-11-14-6-2-4-8-16(14)19/h1-12,17-18,20H. The van der Waals surface area contributed by atoms with Crippen molar-refractivity contribution in [2.45, 2.75) is 12.1 Å². The van der Waals surface area contributed by atoms with Crippen LogP contribution in [-0.2, 0) is 0 Å². The van der Waals surface area contributed by atoms with Crippen molar-refractivity contribution in [3.05, 3.63) is 78.0 Å². The molecule has 0 bridgehead atoms. The van der Waals surface area contributed by atoms with E-state index >= 15 is 0 Å². The predicted octanol–water partition coefficient (Wildman–Crippen LogP) is 3.94. The van der Waals surface area contributed by atoms with Crippen molar-refractivity contribution >= 4 is 17.0 Å². The maximum absolute atomic E-state index is 10.7. The molecule has 98 valence electrons. The molecule has 0 aliphatic heterocycles. The van der Waals surface area contributed by atoms with Crippen molar-refractivity contribution in [1.29, 1.82) is 0 Å². The highest BCUT2D eigenvalue weighted by atomic mass is 16.3. The van der Waals surface area contributed by atoms with Crippen LogP contribution in [0.4, 0.5) is 0 Å². The highest BCUT2D eigenvalue weighted by Gasteiger charge is 2.25. The summed E-state index contributed by atoms with van der Waals surface area (Å²) in [6.07, 6.45) is 5.73. The molecule has 20 heavy (non-hydrogen) atoms. The van der Waals surface area contributed by atoms with Crippen LogP contribution in [0.1, 0.15) is 23.3 Å². The van der Waals surface area contributed by atoms with E-state index in [1.165, 1.54) is 5.39 Å². The van der Waals surface area contributed by atoms with Crippen LogP contribution in [0.5, 0.6) is 0 Å². The van der Waals surface area contributed by atoms with Gasteiger partial charge in [-0.3, -0.25) is 0 Å². The van der Waals surface area contributed by atoms with Gasteiger partial charge in [0.05, 0.1) is 6.04 Å². The summed E-state index contributed by atoms with van der Waals surface area (Å²) in [4.78, 5) is 0. The molecular weight excluding hydrogens is 246 g/mol. The zero-order valence-electron chi connectivity index (χ0n) is 11.0. The lowest BCUT2D eigenvalue weighted by molar-refractivity contribution is 0.135. The third-order valence-corrected chi connectivity index (χ3v) is 4.06. The molecule has 2 atom stereocenters. The molecule has 4 rings (SSSR count). The first-order chi connectivity index (χ1) is 9.84. The average Bonchev–Trinajstić information content (AvgIpc) is 2.92. The fourth-order valence-corrected chi connectivity index (χ4v) is 3.03. The number of hydrogen-bond donors (Lipinski definition) is 1. The van der Waals surface area contributed by atoms with Crippen molar-refractivity contribution in [3.63, 3.8) is 0 Å². The number of aromatic nitrogens is 1. The molecule has 2 unspecified atom stereocenters. The van der Waals surface area contributed by atoms with Crippen LogP contribution in [-0.4, -0.2) is 9.67 Å². The van der Waals surface area contributed by atoms with Crippen molar-refractivity contribution in [2.24, 2.45) is 0 Å². The summed E-state index contributed by atoms with van der Waals surface area (Å²) >= 11 is 0. The molecule has 2 aromatic carbocycles. The van der Waals surface area contributed by atoms with Gasteiger partial charge < -0.3 is 9.67 Å². The zero-order chi connectivity index (χ0) is 13.5. The number of para-hydroxylation sites is 1. The molecule has 0 amide bonds. The number of hydrogen-bond acceptors (Lipinski definition) is 1. The minimum atomic E-state index is -0.507. The second-order valence-corrected chi connectivity index (χ2v) is 5.21. The van der Waals surface area contributed by atoms with Gasteiger partial charge in [0.15, 0.2) is 0 Å². The summed E-state index contributed by atoms with van der Waals surface area (Å²) in [6.45, 7) is 0. The van der Waals surface area contributed by atoms with Crippen LogP contribution in [0.25, 0.3) is 17.0 Å². The van der Waals surface area contributed by atoms with E-state index in [2.05, 4.69) is 41.1 Å². The van der Waals surface area contributed by atoms with E-state index in [-0.39, 0.29) is 6.04 Å². The highest BCUT2D eigenvalue weighted by molar-refractivity contribution is 5.80. The van der Waals surface area contributed by atoms with Crippen LogP contribution in [0, 0.1) is 0 Å². The molecule has 0 saturated carbocycles. The first-order valence-corrected chi connectivity index (χ1v) is 6.85. The molecule has 0 radical (unpaired) electrons. The number of benzene rings is 2. The van der Waals surface area contributed by atoms with Crippen molar-refractivity contribution < 1.29 is 5.11 Å². The second-order valence-electron chi connectivity index (χ2n) is 5.21. The van der Waals surface area contributed by atoms with E-state index in [4.69, 9.17) is 0 Å². The average molecular weight is 261 g/mol. The number of aliphatic hydroxyl groups excluding tert-OH is 1. The van der Waals surface area contributed by atoms with Gasteiger partial charge in [-0.25, -0.2) is 0 Å². The number of aliphatic hydroxyl groups is 1. The Morgan fingerprint density at radius 2 is 1.70 bits per heavy atom. The monoisotopic (exact) mass is 261 g/mol. The minimum absolute atomic E-state index is 0.0511. The van der Waals surface area contributed by atoms with Crippen LogP contribution < -0.4 is 0 Å². The molecule has 1 N–H and O–H groups in total. The van der Waals surface area contributed by atoms with Crippen LogP contribution >= 0.6 is 0 Å². The van der Waals surface area contributed by atoms with E-state index in [0.29, 0.717) is 0 Å². The Hall–Kier alpha value is -2.32. The van der Waals surface area contributed by atoms with Gasteiger partial charge in [-0.05, 0) is 28.6 Å². The Kier molecular flexibility index (Phi) is 2.51. The number of nitrogens with zero attached hydrogens (tertiary/aromatic N) is 1. The molecule has 2 nitrogen and oxygen atoms in total. The summed E-state index contributed by atoms with van der Waals surface area (Å²) in [5.41, 5.74) is 3.26. The quantitative estimate of drug-likeness (QED) is 0.705. The molecule has 0 fully saturated rings. The van der Waals surface area contributed by atoms with E-state index in [9.17, 15) is 5.11 Å². The van der Waals surface area contributed by atoms with Gasteiger partial charge >= 0.3 is 0 Å². The number of fused-ring (bicyclic) bond motifs is 2. The highest BCUT2D eigenvalue weighted by Crippen LogP contribution is 2.36. The van der Waals surface area contributed by atoms with Gasteiger partial charge in [0.25, 0.3) is 0 Å². The molecule has 2 heteroatoms. The Labute approximate surface area is 117 Å². The first kappa shape index (κ1) is 11.5. The van der Waals surface area contributed by atoms with Gasteiger partial charge in [-0.1, -0.05) is 54.6 Å². The Morgan fingerprint density at radius 3 is 2.65 bits per heavy atom. The number of rotatable bonds is 1. The topological polar surface area (TPSA) is 25.2 Å². The van der Waals surface area contributed by atoms with Crippen molar-refractivity contribution in [2.75, 3.05) is 0 Å². The molecule has 1 aromatic heterocycles. The lowest BCUT2D eigenvalue weighted by Crippen LogP contribution is -2.18. The van der Waals surface area contributed by atoms with Crippen molar-refractivity contribution in [3.8, 4) is 0 Å². The van der Waals surface area contributed by atoms with Crippen LogP contribution in [0.3, 0.4) is 0 Å². The largest absolute Gasteiger partial charge is 0.386 e. The minimum Gasteiger partial charge on any atom is -0.386 e. The Bertz CT molecular complexity index is 800. The summed E-state index contributed by atoms with van der Waals surface area (Å²) in [5, 5.41) is 11.9. The molecular formula is C18H15NO. The fourth-order valence-electron chi connectivity index (χ4n) is 3.03. The van der Waals surface area contributed by atoms with Gasteiger partial charge in [0.2, 0.25) is 0 Å². The Morgan fingerprint density at radius 1 is 0.900 bits per heavy atom. The summed E-state index contributed by atoms with van der Waals surface area (Å²) < 4.78 is 2.15. The lowest BCUT2D eigenvalue weighted by Gasteiger charge is -2.27. The maximum Gasteiger partial charge on any atom is 0.104 e. The SMILES string of the molecule is OC1c2ccccc2C=CC1n1ccc2ccccc21. The summed E-state index contributed by atoms with van der Waals surface area (Å²) in [7, 11) is 0. The Balaban J connectivity index is 1.85. The third-order valence-electron chi connectivity index (χ3n) is 4.06. The fraction of sp³-hybridized carbons (Fsp3) is 0.111. The van der Waals surface area contributed by atoms with Crippen molar-refractivity contribution in [1.82, 2.24) is 4.57 Å². The third kappa shape index (κ3) is 1.62. The van der Waals surface area contributed by atoms with E-state index in [0.717, 1.165) is 16.6 Å². The van der Waals surface area contributed by atoms with Crippen LogP contribution in [0.15, 0.2) is 66.9 Å². The summed E-state index contributed by atoms with van der Waals surface area (Å²) in [5.74, 6) is 0. The molecule has 3 aromatic rings. The molecule has 1 heterocycles. The molecule has 0 saturated heterocycles. The van der Waals surface area contributed by atoms with Gasteiger partial charge in [-0.15, -0.1) is 0 Å². The van der Waals surface area contributed by atoms with E-state index in [1.54, 1.807) is 0 Å². The molecule has 0 spiro atoms. The smallest absolute Gasteiger partial charge is 0.104 e. The van der Waals surface area contributed by atoms with E-state index in [1.807, 2.05) is 36.4 Å². The molecule has 1 aliphatic carbocycles. The zero-order valence-corrected chi connectivity index (χ0v) is 11.0. The lowest BCUT2D eigenvalue weighted by atomic mass is 9.91. The van der Waals surface area contributed by atoms with Gasteiger partial charge in [-0.2, -0.15) is 0 Å².